The molecule has 0 aliphatic heterocycles. The van der Waals surface area contributed by atoms with E-state index >= 15 is 0 Å². The van der Waals surface area contributed by atoms with Crippen molar-refractivity contribution in [3.8, 4) is 0 Å². The Bertz CT molecular complexity index is 1080. The first-order valence-electron chi connectivity index (χ1n) is 10.0. The maximum Gasteiger partial charge on any atom is 0.329 e. The van der Waals surface area contributed by atoms with Crippen molar-refractivity contribution in [2.24, 2.45) is 11.8 Å². The Kier molecular flexibility index (Phi) is 4.11. The van der Waals surface area contributed by atoms with Crippen LogP contribution < -0.4 is 16.6 Å². The van der Waals surface area contributed by atoms with Crippen LogP contribution in [-0.4, -0.2) is 32.6 Å². The minimum Gasteiger partial charge on any atom is -0.346 e. The number of pyridine rings is 1. The van der Waals surface area contributed by atoms with Gasteiger partial charge in [0.2, 0.25) is 0 Å². The van der Waals surface area contributed by atoms with Crippen LogP contribution in [0, 0.1) is 11.8 Å². The van der Waals surface area contributed by atoms with E-state index in [4.69, 9.17) is 0 Å². The third-order valence-electron chi connectivity index (χ3n) is 6.23. The molecule has 3 aromatic heterocycles. The molecule has 2 aliphatic carbocycles. The normalized spacial score (nSPS) is 23.3. The molecule has 3 heterocycles. The zero-order valence-electron chi connectivity index (χ0n) is 15.3. The van der Waals surface area contributed by atoms with Crippen molar-refractivity contribution in [1.82, 2.24) is 24.8 Å². The lowest BCUT2D eigenvalue weighted by Crippen LogP contribution is -2.36. The highest BCUT2D eigenvalue weighted by molar-refractivity contribution is 6.01. The van der Waals surface area contributed by atoms with Crippen LogP contribution in [0.1, 0.15) is 44.6 Å². The highest BCUT2D eigenvalue weighted by Crippen LogP contribution is 2.34. The lowest BCUT2D eigenvalue weighted by atomic mass is 9.85. The van der Waals surface area contributed by atoms with Crippen LogP contribution in [0.3, 0.4) is 0 Å². The van der Waals surface area contributed by atoms with E-state index in [0.29, 0.717) is 22.5 Å². The first-order valence-corrected chi connectivity index (χ1v) is 10.0. The first-order chi connectivity index (χ1) is 13.2. The van der Waals surface area contributed by atoms with Gasteiger partial charge in [-0.3, -0.25) is 14.3 Å². The Morgan fingerprint density at radius 1 is 1.04 bits per heavy atom. The van der Waals surface area contributed by atoms with Crippen LogP contribution >= 0.6 is 0 Å². The fraction of sp³-hybridized carbons (Fsp3) is 0.550. The summed E-state index contributed by atoms with van der Waals surface area (Å²) in [5.74, 6) is 1.59. The van der Waals surface area contributed by atoms with Gasteiger partial charge in [0.25, 0.3) is 5.56 Å². The maximum atomic E-state index is 12.7. The number of aromatic amines is 2. The largest absolute Gasteiger partial charge is 0.346 e. The van der Waals surface area contributed by atoms with Gasteiger partial charge in [-0.2, -0.15) is 0 Å². The zero-order valence-corrected chi connectivity index (χ0v) is 15.3. The Balaban J connectivity index is 1.44. The van der Waals surface area contributed by atoms with Crippen LogP contribution in [0.5, 0.6) is 0 Å². The molecule has 0 unspecified atom stereocenters. The smallest absolute Gasteiger partial charge is 0.329 e. The van der Waals surface area contributed by atoms with Gasteiger partial charge in [0.15, 0.2) is 0 Å². The Morgan fingerprint density at radius 3 is 2.44 bits per heavy atom. The third-order valence-corrected chi connectivity index (χ3v) is 6.23. The van der Waals surface area contributed by atoms with Crippen LogP contribution in [0.4, 0.5) is 0 Å². The number of fused-ring (bicyclic) bond motifs is 3. The molecular formula is C20H25N5O2. The van der Waals surface area contributed by atoms with Crippen LogP contribution in [0.2, 0.25) is 0 Å². The highest BCUT2D eigenvalue weighted by atomic mass is 16.2. The molecule has 0 radical (unpaired) electrons. The molecule has 0 aromatic carbocycles. The van der Waals surface area contributed by atoms with E-state index in [0.717, 1.165) is 50.1 Å². The van der Waals surface area contributed by atoms with Crippen LogP contribution in [0.15, 0.2) is 28.0 Å². The Labute approximate surface area is 156 Å². The van der Waals surface area contributed by atoms with Gasteiger partial charge < -0.3 is 10.3 Å². The summed E-state index contributed by atoms with van der Waals surface area (Å²) in [4.78, 5) is 34.9. The molecule has 2 saturated carbocycles. The number of nitrogens with zero attached hydrogens (tertiary/aromatic N) is 2. The minimum atomic E-state index is -0.361. The summed E-state index contributed by atoms with van der Waals surface area (Å²) in [5.41, 5.74) is 0.751. The molecule has 27 heavy (non-hydrogen) atoms. The SMILES string of the molecule is O=c1[nH]c(=O)n([C@H]2CC[C@H](CNCC3CC3)CC2)c2c1cnc1[nH]ccc12. The molecule has 7 heteroatoms. The molecule has 2 fully saturated rings. The Morgan fingerprint density at radius 2 is 1.74 bits per heavy atom. The van der Waals surface area contributed by atoms with E-state index in [1.54, 1.807) is 12.4 Å². The number of aromatic nitrogens is 4. The molecule has 0 spiro atoms. The summed E-state index contributed by atoms with van der Waals surface area (Å²) in [5, 5.41) is 4.93. The fourth-order valence-electron chi connectivity index (χ4n) is 4.51. The highest BCUT2D eigenvalue weighted by Gasteiger charge is 2.26. The van der Waals surface area contributed by atoms with E-state index in [-0.39, 0.29) is 17.3 Å². The van der Waals surface area contributed by atoms with Crippen molar-refractivity contribution < 1.29 is 0 Å². The van der Waals surface area contributed by atoms with Crippen molar-refractivity contribution >= 4 is 21.9 Å². The second kappa shape index (κ2) is 6.64. The van der Waals surface area contributed by atoms with Gasteiger partial charge in [-0.25, -0.2) is 9.78 Å². The van der Waals surface area contributed by atoms with Crippen molar-refractivity contribution in [3.63, 3.8) is 0 Å². The van der Waals surface area contributed by atoms with Crippen LogP contribution in [-0.2, 0) is 0 Å². The summed E-state index contributed by atoms with van der Waals surface area (Å²) >= 11 is 0. The number of hydrogen-bond donors (Lipinski definition) is 3. The van der Waals surface area contributed by atoms with Gasteiger partial charge in [0.05, 0.1) is 10.9 Å². The summed E-state index contributed by atoms with van der Waals surface area (Å²) in [6.07, 6.45) is 10.3. The van der Waals surface area contributed by atoms with E-state index in [1.807, 2.05) is 10.6 Å². The van der Waals surface area contributed by atoms with E-state index in [9.17, 15) is 9.59 Å². The molecule has 3 aromatic rings. The molecular weight excluding hydrogens is 342 g/mol. The van der Waals surface area contributed by atoms with E-state index < -0.39 is 0 Å². The van der Waals surface area contributed by atoms with Crippen molar-refractivity contribution in [2.45, 2.75) is 44.6 Å². The maximum absolute atomic E-state index is 12.7. The van der Waals surface area contributed by atoms with Gasteiger partial charge >= 0.3 is 5.69 Å². The van der Waals surface area contributed by atoms with Gasteiger partial charge in [-0.15, -0.1) is 0 Å². The molecule has 0 bridgehead atoms. The standard InChI is InChI=1S/C20H25N5O2/c26-19-16-11-23-18-15(7-8-22-18)17(16)25(20(27)24-19)14-5-3-13(4-6-14)10-21-9-12-1-2-12/h7-8,11-14,21H,1-6,9-10H2,(H,22,23)(H,24,26,27)/t13-,14-. The fourth-order valence-corrected chi connectivity index (χ4v) is 4.51. The van der Waals surface area contributed by atoms with Gasteiger partial charge in [0.1, 0.15) is 5.65 Å². The monoisotopic (exact) mass is 367 g/mol. The van der Waals surface area contributed by atoms with Crippen molar-refractivity contribution in [3.05, 3.63) is 39.3 Å². The third kappa shape index (κ3) is 3.10. The molecule has 0 saturated heterocycles. The van der Waals surface area contributed by atoms with E-state index in [2.05, 4.69) is 20.3 Å². The average molecular weight is 367 g/mol. The first kappa shape index (κ1) is 16.7. The molecule has 7 nitrogen and oxygen atoms in total. The molecule has 2 aliphatic rings. The number of rotatable bonds is 5. The predicted molar refractivity (Wildman–Crippen MR) is 105 cm³/mol. The number of H-pyrrole nitrogens is 2. The van der Waals surface area contributed by atoms with Gasteiger partial charge in [-0.1, -0.05) is 0 Å². The molecule has 5 rings (SSSR count). The molecule has 142 valence electrons. The lowest BCUT2D eigenvalue weighted by molar-refractivity contribution is 0.266. The Hall–Kier alpha value is -2.41. The topological polar surface area (TPSA) is 95.6 Å². The van der Waals surface area contributed by atoms with Gasteiger partial charge in [0, 0.05) is 23.8 Å². The van der Waals surface area contributed by atoms with Crippen molar-refractivity contribution in [2.75, 3.05) is 13.1 Å². The van der Waals surface area contributed by atoms with Crippen LogP contribution in [0.25, 0.3) is 21.9 Å². The summed E-state index contributed by atoms with van der Waals surface area (Å²) in [6.45, 7) is 2.24. The second-order valence-electron chi connectivity index (χ2n) is 8.17. The second-order valence-corrected chi connectivity index (χ2v) is 8.17. The summed E-state index contributed by atoms with van der Waals surface area (Å²) in [6, 6.07) is 2.02. The predicted octanol–water partition coefficient (Wildman–Crippen LogP) is 2.30. The molecule has 0 amide bonds. The van der Waals surface area contributed by atoms with E-state index in [1.165, 1.54) is 12.8 Å². The summed E-state index contributed by atoms with van der Waals surface area (Å²) in [7, 11) is 0. The minimum absolute atomic E-state index is 0.122. The number of nitrogens with one attached hydrogen (secondary N) is 3. The zero-order chi connectivity index (χ0) is 18.4. The van der Waals surface area contributed by atoms with Crippen molar-refractivity contribution in [1.29, 1.82) is 0 Å². The quantitative estimate of drug-likeness (QED) is 0.645. The molecule has 0 atom stereocenters. The molecule has 3 N–H and O–H groups in total. The average Bonchev–Trinajstić information content (AvgIpc) is 3.36. The number of hydrogen-bond acceptors (Lipinski definition) is 4. The van der Waals surface area contributed by atoms with Gasteiger partial charge in [-0.05, 0) is 69.5 Å². The summed E-state index contributed by atoms with van der Waals surface area (Å²) < 4.78 is 1.81. The lowest BCUT2D eigenvalue weighted by Gasteiger charge is -2.30.